The molecule has 0 heterocycles. The molecule has 7 heavy (non-hydrogen) atoms. The van der Waals surface area contributed by atoms with Crippen molar-refractivity contribution in [2.75, 3.05) is 0 Å². The van der Waals surface area contributed by atoms with Gasteiger partial charge in [0.15, 0.2) is 0 Å². The summed E-state index contributed by atoms with van der Waals surface area (Å²) in [5.74, 6) is 0. The molecule has 0 N–H and O–H groups in total. The van der Waals surface area contributed by atoms with Crippen LogP contribution in [0.25, 0.3) is 0 Å². The molecule has 0 fully saturated rings. The summed E-state index contributed by atoms with van der Waals surface area (Å²) >= 11 is -5.62. The van der Waals surface area contributed by atoms with Crippen molar-refractivity contribution in [2.45, 2.75) is 0 Å². The van der Waals surface area contributed by atoms with Crippen LogP contribution in [0.3, 0.4) is 0 Å². The zero-order valence-corrected chi connectivity index (χ0v) is 8.62. The summed E-state index contributed by atoms with van der Waals surface area (Å²) in [4.78, 5) is 0. The molecule has 0 amide bonds. The Morgan fingerprint density at radius 3 is 1.14 bits per heavy atom. The molecule has 0 radical (unpaired) electrons. The van der Waals surface area contributed by atoms with Gasteiger partial charge in [-0.25, -0.2) is 0 Å². The molecular weight excluding hydrogens is 217 g/mol. The quantitative estimate of drug-likeness (QED) is 0.383. The average molecular weight is 217 g/mol. The van der Waals surface area contributed by atoms with E-state index in [2.05, 4.69) is 0 Å². The second-order valence-electron chi connectivity index (χ2n) is 0.378. The van der Waals surface area contributed by atoms with Crippen LogP contribution in [0.1, 0.15) is 0 Å². The van der Waals surface area contributed by atoms with Crippen LogP contribution in [0.5, 0.6) is 0 Å². The van der Waals surface area contributed by atoms with Gasteiger partial charge in [-0.2, -0.15) is 0 Å². The van der Waals surface area contributed by atoms with E-state index in [9.17, 15) is 0 Å². The fourth-order valence-corrected chi connectivity index (χ4v) is 0. The number of hydrogen-bond donors (Lipinski definition) is 0. The Morgan fingerprint density at radius 1 is 1.14 bits per heavy atom. The first-order valence-corrected chi connectivity index (χ1v) is 2.54. The second-order valence-corrected chi connectivity index (χ2v) is 1.56. The summed E-state index contributed by atoms with van der Waals surface area (Å²) < 4.78 is 34.3. The van der Waals surface area contributed by atoms with E-state index in [1.165, 1.54) is 0 Å². The van der Waals surface area contributed by atoms with Crippen LogP contribution in [0.2, 0.25) is 0 Å². The van der Waals surface area contributed by atoms with E-state index in [1.54, 1.807) is 0 Å². The standard InChI is InChI=1S/K.Mn.Ni.4O/q+1;;;;;;-1. The van der Waals surface area contributed by atoms with Crippen LogP contribution < -0.4 is 55.6 Å². The van der Waals surface area contributed by atoms with Crippen molar-refractivity contribution in [2.24, 2.45) is 0 Å². The summed E-state index contributed by atoms with van der Waals surface area (Å²) in [6.45, 7) is 0. The van der Waals surface area contributed by atoms with Crippen LogP contribution in [0.15, 0.2) is 0 Å². The second kappa shape index (κ2) is 6.13. The SMILES string of the molecule is [K+].[Ni].[O]=[Mn](=[O])(=[O])[O-]. The third-order valence-electron chi connectivity index (χ3n) is 0. The molecular formula is KMnNiO4. The van der Waals surface area contributed by atoms with Crippen molar-refractivity contribution in [1.29, 1.82) is 0 Å². The predicted octanol–water partition coefficient (Wildman–Crippen LogP) is -4.55. The normalized spacial score (nSPS) is 8.14. The van der Waals surface area contributed by atoms with Gasteiger partial charge in [-0.05, 0) is 0 Å². The Balaban J connectivity index is -0.0000000800. The molecule has 0 aliphatic heterocycles. The summed E-state index contributed by atoms with van der Waals surface area (Å²) in [6.07, 6.45) is 0. The first-order valence-electron chi connectivity index (χ1n) is 0.617. The van der Waals surface area contributed by atoms with E-state index in [0.29, 0.717) is 0 Å². The van der Waals surface area contributed by atoms with Gasteiger partial charge in [-0.15, -0.1) is 0 Å². The van der Waals surface area contributed by atoms with E-state index in [4.69, 9.17) is 15.7 Å². The molecule has 42 valence electrons. The molecule has 7 heteroatoms. The van der Waals surface area contributed by atoms with E-state index >= 15 is 0 Å². The Bertz CT molecular complexity index is 133. The summed E-state index contributed by atoms with van der Waals surface area (Å²) in [7, 11) is 0. The van der Waals surface area contributed by atoms with Gasteiger partial charge in [0.2, 0.25) is 0 Å². The Hall–Kier alpha value is 2.01. The molecule has 0 atom stereocenters. The molecule has 0 unspecified atom stereocenters. The summed E-state index contributed by atoms with van der Waals surface area (Å²) in [6, 6.07) is 0. The molecule has 0 bridgehead atoms. The van der Waals surface area contributed by atoms with Crippen molar-refractivity contribution in [1.82, 2.24) is 0 Å². The Labute approximate surface area is 94.5 Å². The molecule has 0 aromatic rings. The van der Waals surface area contributed by atoms with Gasteiger partial charge in [0, 0.05) is 16.5 Å². The van der Waals surface area contributed by atoms with Crippen LogP contribution in [-0.4, -0.2) is 0 Å². The van der Waals surface area contributed by atoms with Crippen molar-refractivity contribution in [3.8, 4) is 0 Å². The van der Waals surface area contributed by atoms with E-state index in [1.807, 2.05) is 0 Å². The first-order chi connectivity index (χ1) is 2.00. The van der Waals surface area contributed by atoms with E-state index in [-0.39, 0.29) is 67.9 Å². The first kappa shape index (κ1) is 16.0. The van der Waals surface area contributed by atoms with Crippen LogP contribution >= 0.6 is 0 Å². The monoisotopic (exact) mass is 216 g/mol. The molecule has 0 saturated heterocycles. The summed E-state index contributed by atoms with van der Waals surface area (Å²) in [5.41, 5.74) is 0. The molecule has 0 spiro atoms. The maximum atomic E-state index is 8.58. The minimum absolute atomic E-state index is 0. The Kier molecular flexibility index (Phi) is 14.0. The van der Waals surface area contributed by atoms with Gasteiger partial charge in [0.25, 0.3) is 0 Å². The average Bonchev–Trinajstić information content (AvgIpc) is 0.722. The minimum atomic E-state index is -5.62. The fourth-order valence-electron chi connectivity index (χ4n) is 0. The zero-order valence-electron chi connectivity index (χ0n) is 3.33. The molecule has 4 nitrogen and oxygen atoms in total. The van der Waals surface area contributed by atoms with Gasteiger partial charge < -0.3 is 0 Å². The van der Waals surface area contributed by atoms with Crippen molar-refractivity contribution in [3.05, 3.63) is 0 Å². The summed E-state index contributed by atoms with van der Waals surface area (Å²) in [5, 5.41) is 0. The van der Waals surface area contributed by atoms with E-state index < -0.39 is 13.0 Å². The molecule has 0 aromatic carbocycles. The Morgan fingerprint density at radius 2 is 1.14 bits per heavy atom. The predicted molar refractivity (Wildman–Crippen MR) is 2.06 cm³/mol. The number of rotatable bonds is 0. The van der Waals surface area contributed by atoms with Gasteiger partial charge >= 0.3 is 80.0 Å². The molecule has 0 aliphatic rings. The number of hydrogen-bond acceptors (Lipinski definition) is 4. The van der Waals surface area contributed by atoms with Crippen LogP contribution in [0, 0.1) is 0 Å². The van der Waals surface area contributed by atoms with Crippen LogP contribution in [-0.2, 0) is 41.0 Å². The fraction of sp³-hybridized carbons (Fsp3) is 0. The van der Waals surface area contributed by atoms with Gasteiger partial charge in [0.05, 0.1) is 0 Å². The van der Waals surface area contributed by atoms with Crippen molar-refractivity contribution >= 4 is 0 Å². The van der Waals surface area contributed by atoms with Gasteiger partial charge in [-0.1, -0.05) is 0 Å². The molecule has 0 rings (SSSR count). The van der Waals surface area contributed by atoms with Crippen molar-refractivity contribution in [3.63, 3.8) is 0 Å². The zero-order chi connectivity index (χ0) is 4.50. The van der Waals surface area contributed by atoms with Gasteiger partial charge in [-0.3, -0.25) is 0 Å². The third kappa shape index (κ3) is 71.6. The third-order valence-corrected chi connectivity index (χ3v) is 0. The van der Waals surface area contributed by atoms with Crippen molar-refractivity contribution < 1.29 is 96.5 Å². The van der Waals surface area contributed by atoms with E-state index in [0.717, 1.165) is 0 Å². The topological polar surface area (TPSA) is 74.3 Å². The molecule has 0 saturated carbocycles. The van der Waals surface area contributed by atoms with Crippen LogP contribution in [0.4, 0.5) is 0 Å². The molecule has 0 aromatic heterocycles. The van der Waals surface area contributed by atoms with Gasteiger partial charge in [0.1, 0.15) is 0 Å². The maximum absolute atomic E-state index is 8.58. The molecule has 0 aliphatic carbocycles.